The van der Waals surface area contributed by atoms with Crippen molar-refractivity contribution in [3.05, 3.63) is 23.8 Å². The fourth-order valence-electron chi connectivity index (χ4n) is 2.53. The monoisotopic (exact) mass is 354 g/mol. The largest absolute Gasteiger partial charge is 0.495 e. The van der Waals surface area contributed by atoms with Gasteiger partial charge in [-0.25, -0.2) is 8.42 Å². The van der Waals surface area contributed by atoms with Gasteiger partial charge in [0.05, 0.1) is 7.11 Å². The number of hydrogen-bond acceptors (Lipinski definition) is 4. The van der Waals surface area contributed by atoms with Crippen LogP contribution in [0.5, 0.6) is 5.75 Å². The first-order chi connectivity index (χ1) is 11.1. The molecule has 24 heavy (non-hydrogen) atoms. The molecule has 134 valence electrons. The maximum Gasteiger partial charge on any atom is 0.251 e. The van der Waals surface area contributed by atoms with E-state index in [9.17, 15) is 13.2 Å². The first-order valence-corrected chi connectivity index (χ1v) is 9.55. The molecule has 1 aliphatic rings. The summed E-state index contributed by atoms with van der Waals surface area (Å²) in [6.07, 6.45) is 1.71. The summed E-state index contributed by atoms with van der Waals surface area (Å²) in [4.78, 5) is 12.4. The first kappa shape index (κ1) is 18.7. The van der Waals surface area contributed by atoms with E-state index >= 15 is 0 Å². The number of nitrogens with one attached hydrogen (secondary N) is 1. The highest BCUT2D eigenvalue weighted by atomic mass is 32.2. The topological polar surface area (TPSA) is 75.7 Å². The van der Waals surface area contributed by atoms with Gasteiger partial charge in [-0.1, -0.05) is 20.8 Å². The summed E-state index contributed by atoms with van der Waals surface area (Å²) < 4.78 is 32.3. The van der Waals surface area contributed by atoms with Crippen LogP contribution in [0.4, 0.5) is 0 Å². The van der Waals surface area contributed by atoms with Crippen LogP contribution >= 0.6 is 0 Å². The summed E-state index contributed by atoms with van der Waals surface area (Å²) in [6.45, 7) is 7.57. The average molecular weight is 354 g/mol. The van der Waals surface area contributed by atoms with E-state index in [0.29, 0.717) is 25.2 Å². The molecule has 7 heteroatoms. The summed E-state index contributed by atoms with van der Waals surface area (Å²) in [5.74, 6) is -0.0280. The number of rotatable bonds is 5. The van der Waals surface area contributed by atoms with Crippen LogP contribution in [0.3, 0.4) is 0 Å². The zero-order chi connectivity index (χ0) is 18.0. The normalized spacial score (nSPS) is 16.2. The highest BCUT2D eigenvalue weighted by Gasteiger charge is 2.30. The van der Waals surface area contributed by atoms with E-state index in [1.54, 1.807) is 6.07 Å². The summed E-state index contributed by atoms with van der Waals surface area (Å²) >= 11 is 0. The first-order valence-electron chi connectivity index (χ1n) is 8.11. The van der Waals surface area contributed by atoms with Crippen LogP contribution in [0.25, 0.3) is 0 Å². The second-order valence-corrected chi connectivity index (χ2v) is 9.13. The highest BCUT2D eigenvalue weighted by Crippen LogP contribution is 2.29. The maximum atomic E-state index is 12.8. The van der Waals surface area contributed by atoms with E-state index < -0.39 is 10.0 Å². The van der Waals surface area contributed by atoms with Crippen LogP contribution in [0.2, 0.25) is 0 Å². The minimum Gasteiger partial charge on any atom is -0.495 e. The molecule has 1 aromatic carbocycles. The van der Waals surface area contributed by atoms with Crippen molar-refractivity contribution >= 4 is 15.9 Å². The minimum atomic E-state index is -3.65. The van der Waals surface area contributed by atoms with Gasteiger partial charge in [-0.15, -0.1) is 0 Å². The molecular weight excluding hydrogens is 328 g/mol. The second-order valence-electron chi connectivity index (χ2n) is 7.22. The number of ether oxygens (including phenoxy) is 1. The molecule has 1 aromatic rings. The standard InChI is InChI=1S/C17H26N2O4S/c1-17(2,3)12-18-16(20)13-7-8-14(23-4)15(11-13)24(21,22)19-9-5-6-10-19/h7-8,11H,5-6,9-10,12H2,1-4H3,(H,18,20). The molecule has 1 fully saturated rings. The molecule has 6 nitrogen and oxygen atoms in total. The van der Waals surface area contributed by atoms with E-state index in [1.807, 2.05) is 20.8 Å². The number of sulfonamides is 1. The molecule has 0 spiro atoms. The van der Waals surface area contributed by atoms with Crippen molar-refractivity contribution in [3.63, 3.8) is 0 Å². The van der Waals surface area contributed by atoms with Gasteiger partial charge in [0.1, 0.15) is 10.6 Å². The molecule has 0 radical (unpaired) electrons. The second kappa shape index (κ2) is 7.11. The fraction of sp³-hybridized carbons (Fsp3) is 0.588. The summed E-state index contributed by atoms with van der Waals surface area (Å²) in [5, 5.41) is 2.84. The smallest absolute Gasteiger partial charge is 0.251 e. The number of hydrogen-bond donors (Lipinski definition) is 1. The number of methoxy groups -OCH3 is 1. The van der Waals surface area contributed by atoms with Gasteiger partial charge in [-0.3, -0.25) is 4.79 Å². The van der Waals surface area contributed by atoms with Crippen molar-refractivity contribution < 1.29 is 17.9 Å². The molecule has 1 saturated heterocycles. The van der Waals surface area contributed by atoms with Gasteiger partial charge in [0.15, 0.2) is 0 Å². The van der Waals surface area contributed by atoms with Crippen LogP contribution in [0.15, 0.2) is 23.1 Å². The molecule has 0 atom stereocenters. The molecule has 2 rings (SSSR count). The van der Waals surface area contributed by atoms with Gasteiger partial charge in [0.25, 0.3) is 5.91 Å². The van der Waals surface area contributed by atoms with Crippen molar-refractivity contribution in [1.82, 2.24) is 9.62 Å². The predicted octanol–water partition coefficient (Wildman–Crippen LogP) is 2.26. The Bertz CT molecular complexity index is 702. The van der Waals surface area contributed by atoms with Gasteiger partial charge in [-0.2, -0.15) is 4.31 Å². The average Bonchev–Trinajstić information content (AvgIpc) is 3.06. The van der Waals surface area contributed by atoms with Crippen LogP contribution in [-0.4, -0.2) is 45.4 Å². The Balaban J connectivity index is 2.32. The maximum absolute atomic E-state index is 12.8. The van der Waals surface area contributed by atoms with Crippen molar-refractivity contribution in [2.24, 2.45) is 5.41 Å². The zero-order valence-electron chi connectivity index (χ0n) is 14.8. The SMILES string of the molecule is COc1ccc(C(=O)NCC(C)(C)C)cc1S(=O)(=O)N1CCCC1. The lowest BCUT2D eigenvalue weighted by molar-refractivity contribution is 0.0939. The van der Waals surface area contributed by atoms with Crippen LogP contribution in [-0.2, 0) is 10.0 Å². The molecule has 0 aliphatic carbocycles. The van der Waals surface area contributed by atoms with Gasteiger partial charge in [-0.05, 0) is 36.5 Å². The molecule has 1 N–H and O–H groups in total. The minimum absolute atomic E-state index is 0.0490. The highest BCUT2D eigenvalue weighted by molar-refractivity contribution is 7.89. The fourth-order valence-corrected chi connectivity index (χ4v) is 4.23. The summed E-state index contributed by atoms with van der Waals surface area (Å²) in [5.41, 5.74) is 0.268. The number of carbonyl (C=O) groups excluding carboxylic acids is 1. The Morgan fingerprint density at radius 2 is 1.88 bits per heavy atom. The van der Waals surface area contributed by atoms with E-state index in [1.165, 1.54) is 23.5 Å². The number of benzene rings is 1. The van der Waals surface area contributed by atoms with Crippen molar-refractivity contribution in [1.29, 1.82) is 0 Å². The lowest BCUT2D eigenvalue weighted by atomic mass is 9.97. The molecule has 1 aliphatic heterocycles. The predicted molar refractivity (Wildman–Crippen MR) is 92.8 cm³/mol. The summed E-state index contributed by atoms with van der Waals surface area (Å²) in [7, 11) is -2.22. The Morgan fingerprint density at radius 3 is 2.42 bits per heavy atom. The number of nitrogens with zero attached hydrogens (tertiary/aromatic N) is 1. The lowest BCUT2D eigenvalue weighted by Gasteiger charge is -2.20. The van der Waals surface area contributed by atoms with Crippen LogP contribution in [0.1, 0.15) is 44.0 Å². The summed E-state index contributed by atoms with van der Waals surface area (Å²) in [6, 6.07) is 4.53. The van der Waals surface area contributed by atoms with Crippen molar-refractivity contribution in [2.45, 2.75) is 38.5 Å². The number of amides is 1. The molecule has 1 amide bonds. The third-order valence-electron chi connectivity index (χ3n) is 3.89. The van der Waals surface area contributed by atoms with E-state index in [2.05, 4.69) is 5.32 Å². The zero-order valence-corrected chi connectivity index (χ0v) is 15.6. The van der Waals surface area contributed by atoms with Gasteiger partial charge < -0.3 is 10.1 Å². The van der Waals surface area contributed by atoms with Gasteiger partial charge in [0, 0.05) is 25.2 Å². The Morgan fingerprint density at radius 1 is 1.25 bits per heavy atom. The quantitative estimate of drug-likeness (QED) is 0.880. The lowest BCUT2D eigenvalue weighted by Crippen LogP contribution is -2.32. The third-order valence-corrected chi connectivity index (χ3v) is 5.81. The molecule has 0 bridgehead atoms. The molecule has 0 saturated carbocycles. The Hall–Kier alpha value is -1.60. The van der Waals surface area contributed by atoms with Crippen molar-refractivity contribution in [2.75, 3.05) is 26.7 Å². The van der Waals surface area contributed by atoms with Gasteiger partial charge in [0.2, 0.25) is 10.0 Å². The third kappa shape index (κ3) is 4.27. The van der Waals surface area contributed by atoms with Crippen molar-refractivity contribution in [3.8, 4) is 5.75 Å². The van der Waals surface area contributed by atoms with Gasteiger partial charge >= 0.3 is 0 Å². The molecule has 0 aromatic heterocycles. The van der Waals surface area contributed by atoms with Crippen LogP contribution < -0.4 is 10.1 Å². The Kier molecular flexibility index (Phi) is 5.55. The van der Waals surface area contributed by atoms with E-state index in [-0.39, 0.29) is 22.0 Å². The number of carbonyl (C=O) groups is 1. The van der Waals surface area contributed by atoms with E-state index in [0.717, 1.165) is 12.8 Å². The van der Waals surface area contributed by atoms with Crippen LogP contribution in [0, 0.1) is 5.41 Å². The Labute approximate surface area is 144 Å². The molecule has 1 heterocycles. The molecule has 0 unspecified atom stereocenters. The molecular formula is C17H26N2O4S. The van der Waals surface area contributed by atoms with E-state index in [4.69, 9.17) is 4.74 Å².